The van der Waals surface area contributed by atoms with Crippen molar-refractivity contribution in [2.45, 2.75) is 64.5 Å². The summed E-state index contributed by atoms with van der Waals surface area (Å²) in [5.41, 5.74) is 9.12. The zero-order valence-corrected chi connectivity index (χ0v) is 28.0. The molecule has 0 aliphatic heterocycles. The van der Waals surface area contributed by atoms with Gasteiger partial charge in [0.15, 0.2) is 0 Å². The lowest BCUT2D eigenvalue weighted by Crippen LogP contribution is -2.53. The molecule has 0 radical (unpaired) electrons. The number of hydrazine groups is 2. The number of benzene rings is 2. The second kappa shape index (κ2) is 16.0. The third-order valence-corrected chi connectivity index (χ3v) is 8.31. The standard InChI is InChI=1S/C35H42N6O8/c1-5-46-32(42)38-40(34(44)48-7-3)28-20-12-14-22(28)24-16-11-17-25(30(24)31-36-26-18-9-10-19-27(26)37-31)23-15-13-21-29(23)41(35(45)49-8-4)39-33(43)47-6-2/h9-19,22-23,28-29H,5-8,20-21H2,1-4H3,(H,36,37)(H,38,42)(H,39,43)/t22-,23+,28?,29?. The van der Waals surface area contributed by atoms with Gasteiger partial charge in [-0.05, 0) is 63.8 Å². The number of fused-ring (bicyclic) bond motifs is 1. The number of hydrogen-bond donors (Lipinski definition) is 3. The first-order valence-electron chi connectivity index (χ1n) is 16.5. The minimum absolute atomic E-state index is 0.108. The molecule has 3 aromatic rings. The molecule has 0 saturated carbocycles. The molecular weight excluding hydrogens is 632 g/mol. The van der Waals surface area contributed by atoms with Crippen LogP contribution in [0, 0.1) is 0 Å². The lowest BCUT2D eigenvalue weighted by Gasteiger charge is -2.34. The topological polar surface area (TPSA) is 164 Å². The summed E-state index contributed by atoms with van der Waals surface area (Å²) in [6, 6.07) is 12.3. The molecule has 2 aliphatic carbocycles. The van der Waals surface area contributed by atoms with Gasteiger partial charge >= 0.3 is 24.4 Å². The highest BCUT2D eigenvalue weighted by Crippen LogP contribution is 2.44. The Balaban J connectivity index is 1.64. The second-order valence-corrected chi connectivity index (χ2v) is 11.2. The number of aromatic nitrogens is 2. The maximum absolute atomic E-state index is 13.2. The Hall–Kier alpha value is -5.53. The van der Waals surface area contributed by atoms with E-state index in [1.165, 1.54) is 10.0 Å². The van der Waals surface area contributed by atoms with E-state index in [1.54, 1.807) is 27.7 Å². The van der Waals surface area contributed by atoms with Crippen molar-refractivity contribution in [3.63, 3.8) is 0 Å². The van der Waals surface area contributed by atoms with Crippen LogP contribution in [0.5, 0.6) is 0 Å². The molecule has 4 amide bonds. The van der Waals surface area contributed by atoms with Crippen LogP contribution in [-0.2, 0) is 18.9 Å². The van der Waals surface area contributed by atoms with Crippen molar-refractivity contribution in [2.75, 3.05) is 26.4 Å². The van der Waals surface area contributed by atoms with Crippen molar-refractivity contribution >= 4 is 35.4 Å². The smallest absolute Gasteiger partial charge is 0.429 e. The predicted octanol–water partition coefficient (Wildman–Crippen LogP) is 6.29. The molecule has 49 heavy (non-hydrogen) atoms. The summed E-state index contributed by atoms with van der Waals surface area (Å²) in [5.74, 6) is -0.263. The van der Waals surface area contributed by atoms with E-state index in [0.717, 1.165) is 27.7 Å². The van der Waals surface area contributed by atoms with Crippen molar-refractivity contribution in [3.05, 3.63) is 77.9 Å². The molecule has 14 heteroatoms. The van der Waals surface area contributed by atoms with Gasteiger partial charge in [-0.2, -0.15) is 0 Å². The number of aromatic amines is 1. The average molecular weight is 675 g/mol. The molecule has 1 heterocycles. The largest absolute Gasteiger partial charge is 0.449 e. The number of carbonyl (C=O) groups is 4. The van der Waals surface area contributed by atoms with Crippen molar-refractivity contribution in [1.82, 2.24) is 30.8 Å². The van der Waals surface area contributed by atoms with E-state index in [2.05, 4.69) is 15.8 Å². The van der Waals surface area contributed by atoms with E-state index in [4.69, 9.17) is 23.9 Å². The Labute approximate surface area is 284 Å². The number of rotatable bonds is 9. The summed E-state index contributed by atoms with van der Waals surface area (Å²) < 4.78 is 20.9. The van der Waals surface area contributed by atoms with Gasteiger partial charge in [-0.25, -0.2) is 45.0 Å². The molecule has 3 N–H and O–H groups in total. The van der Waals surface area contributed by atoms with Crippen molar-refractivity contribution in [2.24, 2.45) is 0 Å². The van der Waals surface area contributed by atoms with E-state index in [1.807, 2.05) is 66.8 Å². The molecule has 4 atom stereocenters. The maximum atomic E-state index is 13.2. The Bertz CT molecular complexity index is 1600. The molecule has 260 valence electrons. The van der Waals surface area contributed by atoms with Crippen LogP contribution in [0.2, 0.25) is 0 Å². The third kappa shape index (κ3) is 7.63. The minimum atomic E-state index is -0.778. The van der Waals surface area contributed by atoms with Crippen LogP contribution in [0.4, 0.5) is 19.2 Å². The Kier molecular flexibility index (Phi) is 11.4. The summed E-state index contributed by atoms with van der Waals surface area (Å²) in [7, 11) is 0. The molecule has 0 bridgehead atoms. The van der Waals surface area contributed by atoms with Gasteiger partial charge in [0.1, 0.15) is 5.82 Å². The molecule has 2 aromatic carbocycles. The molecule has 0 spiro atoms. The Morgan fingerprint density at radius 3 is 1.67 bits per heavy atom. The Morgan fingerprint density at radius 1 is 0.714 bits per heavy atom. The third-order valence-electron chi connectivity index (χ3n) is 8.31. The minimum Gasteiger partial charge on any atom is -0.449 e. The highest BCUT2D eigenvalue weighted by molar-refractivity contribution is 5.82. The molecule has 14 nitrogen and oxygen atoms in total. The van der Waals surface area contributed by atoms with Gasteiger partial charge in [-0.15, -0.1) is 0 Å². The zero-order chi connectivity index (χ0) is 34.9. The van der Waals surface area contributed by atoms with Crippen LogP contribution in [0.1, 0.15) is 63.5 Å². The van der Waals surface area contributed by atoms with Gasteiger partial charge in [0.2, 0.25) is 0 Å². The number of nitrogens with one attached hydrogen (secondary N) is 3. The van der Waals surface area contributed by atoms with Gasteiger partial charge in [0, 0.05) is 17.4 Å². The van der Waals surface area contributed by atoms with E-state index in [9.17, 15) is 19.2 Å². The van der Waals surface area contributed by atoms with Crippen LogP contribution >= 0.6 is 0 Å². The Morgan fingerprint density at radius 2 is 1.20 bits per heavy atom. The quantitative estimate of drug-likeness (QED) is 0.134. The molecule has 2 aliphatic rings. The predicted molar refractivity (Wildman–Crippen MR) is 180 cm³/mol. The van der Waals surface area contributed by atoms with Gasteiger partial charge in [-0.1, -0.05) is 54.6 Å². The van der Waals surface area contributed by atoms with E-state index in [0.29, 0.717) is 18.7 Å². The van der Waals surface area contributed by atoms with Crippen LogP contribution < -0.4 is 10.9 Å². The molecule has 1 aromatic heterocycles. The number of imidazole rings is 1. The fourth-order valence-corrected chi connectivity index (χ4v) is 6.36. The monoisotopic (exact) mass is 674 g/mol. The fraction of sp³-hybridized carbons (Fsp3) is 0.400. The molecule has 0 saturated heterocycles. The van der Waals surface area contributed by atoms with Crippen LogP contribution in [0.25, 0.3) is 22.4 Å². The second-order valence-electron chi connectivity index (χ2n) is 11.2. The molecule has 0 fully saturated rings. The van der Waals surface area contributed by atoms with Gasteiger partial charge < -0.3 is 23.9 Å². The van der Waals surface area contributed by atoms with E-state index in [-0.39, 0.29) is 26.4 Å². The number of amides is 4. The number of nitrogens with zero attached hydrogens (tertiary/aromatic N) is 3. The number of carbonyl (C=O) groups excluding carboxylic acids is 4. The number of H-pyrrole nitrogens is 1. The first-order valence-corrected chi connectivity index (χ1v) is 16.5. The highest BCUT2D eigenvalue weighted by Gasteiger charge is 2.40. The van der Waals surface area contributed by atoms with Crippen LogP contribution in [-0.4, -0.2) is 82.9 Å². The summed E-state index contributed by atoms with van der Waals surface area (Å²) >= 11 is 0. The molecular formula is C35H42N6O8. The maximum Gasteiger partial charge on any atom is 0.429 e. The normalized spacial score (nSPS) is 19.3. The summed E-state index contributed by atoms with van der Waals surface area (Å²) in [5, 5.41) is 2.37. The lowest BCUT2D eigenvalue weighted by atomic mass is 9.82. The molecule has 2 unspecified atom stereocenters. The lowest BCUT2D eigenvalue weighted by molar-refractivity contribution is 0.0538. The molecule has 5 rings (SSSR count). The summed E-state index contributed by atoms with van der Waals surface area (Å²) in [6.07, 6.45) is 5.74. The van der Waals surface area contributed by atoms with Gasteiger partial charge in [-0.3, -0.25) is 0 Å². The van der Waals surface area contributed by atoms with Crippen LogP contribution in [0.15, 0.2) is 66.8 Å². The van der Waals surface area contributed by atoms with E-state index >= 15 is 0 Å². The first kappa shape index (κ1) is 34.8. The van der Waals surface area contributed by atoms with Crippen molar-refractivity contribution in [1.29, 1.82) is 0 Å². The number of hydrogen-bond acceptors (Lipinski definition) is 9. The van der Waals surface area contributed by atoms with Gasteiger partial charge in [0.05, 0.1) is 49.5 Å². The van der Waals surface area contributed by atoms with Crippen molar-refractivity contribution in [3.8, 4) is 11.4 Å². The average Bonchev–Trinajstić information content (AvgIpc) is 3.86. The summed E-state index contributed by atoms with van der Waals surface area (Å²) in [4.78, 5) is 60.1. The fourth-order valence-electron chi connectivity index (χ4n) is 6.36. The SMILES string of the molecule is CCOC(=O)NN(C(=O)OCC)C1CC=C[C@@H]1c1cccc([C@@H]2C=CCC2N(NC(=O)OCC)C(=O)OCC)c1-c1nc2ccccc2[nH]1. The zero-order valence-electron chi connectivity index (χ0n) is 28.0. The van der Waals surface area contributed by atoms with Gasteiger partial charge in [0.25, 0.3) is 0 Å². The number of ether oxygens (including phenoxy) is 4. The van der Waals surface area contributed by atoms with Crippen molar-refractivity contribution < 1.29 is 38.1 Å². The van der Waals surface area contributed by atoms with E-state index < -0.39 is 48.3 Å². The highest BCUT2D eigenvalue weighted by atomic mass is 16.6. The summed E-state index contributed by atoms with van der Waals surface area (Å²) in [6.45, 7) is 7.19. The van der Waals surface area contributed by atoms with Crippen LogP contribution in [0.3, 0.4) is 0 Å². The number of para-hydroxylation sites is 2. The first-order chi connectivity index (χ1) is 23.8.